The van der Waals surface area contributed by atoms with Crippen LogP contribution in [0.2, 0.25) is 5.02 Å². The van der Waals surface area contributed by atoms with Crippen molar-refractivity contribution in [3.8, 4) is 0 Å². The van der Waals surface area contributed by atoms with E-state index in [4.69, 9.17) is 17.3 Å². The Labute approximate surface area is 76.3 Å². The van der Waals surface area contributed by atoms with Crippen LogP contribution in [-0.2, 0) is 6.42 Å². The van der Waals surface area contributed by atoms with Crippen molar-refractivity contribution in [3.05, 3.63) is 34.6 Å². The fraction of sp³-hybridized carbons (Fsp3) is 0.333. The number of rotatable bonds is 2. The van der Waals surface area contributed by atoms with Gasteiger partial charge in [0.05, 0.1) is 0 Å². The average molecular weight is 188 g/mol. The van der Waals surface area contributed by atoms with Crippen molar-refractivity contribution in [3.63, 3.8) is 0 Å². The highest BCUT2D eigenvalue weighted by Gasteiger charge is 2.01. The second-order valence-electron chi connectivity index (χ2n) is 2.96. The topological polar surface area (TPSA) is 26.0 Å². The molecule has 1 aromatic rings. The van der Waals surface area contributed by atoms with Crippen molar-refractivity contribution in [2.24, 2.45) is 5.73 Å². The molecular formula is C9H11ClFN. The van der Waals surface area contributed by atoms with E-state index in [2.05, 4.69) is 0 Å². The standard InChI is InChI=1S/C9H11ClFN/c1-6(12)2-7-3-8(10)5-9(11)4-7/h3-6H,2,12H2,1H3/t6-/m0/s1. The minimum absolute atomic E-state index is 0.0304. The van der Waals surface area contributed by atoms with E-state index in [1.54, 1.807) is 6.07 Å². The van der Waals surface area contributed by atoms with Gasteiger partial charge in [0.2, 0.25) is 0 Å². The quantitative estimate of drug-likeness (QED) is 0.756. The predicted octanol–water partition coefficient (Wildman–Crippen LogP) is 2.37. The van der Waals surface area contributed by atoms with E-state index in [0.717, 1.165) is 5.56 Å². The molecule has 1 rings (SSSR count). The SMILES string of the molecule is C[C@H](N)Cc1cc(F)cc(Cl)c1. The number of benzene rings is 1. The lowest BCUT2D eigenvalue weighted by atomic mass is 10.1. The van der Waals surface area contributed by atoms with Crippen LogP contribution >= 0.6 is 11.6 Å². The molecule has 0 unspecified atom stereocenters. The molecule has 0 aliphatic rings. The van der Waals surface area contributed by atoms with Crippen LogP contribution in [-0.4, -0.2) is 6.04 Å². The minimum atomic E-state index is -0.307. The average Bonchev–Trinajstić information content (AvgIpc) is 1.81. The molecule has 12 heavy (non-hydrogen) atoms. The molecule has 0 bridgehead atoms. The second-order valence-corrected chi connectivity index (χ2v) is 3.40. The van der Waals surface area contributed by atoms with E-state index < -0.39 is 0 Å². The first kappa shape index (κ1) is 9.49. The maximum Gasteiger partial charge on any atom is 0.124 e. The summed E-state index contributed by atoms with van der Waals surface area (Å²) in [7, 11) is 0. The third-order valence-electron chi connectivity index (χ3n) is 1.48. The molecule has 0 fully saturated rings. The van der Waals surface area contributed by atoms with E-state index in [9.17, 15) is 4.39 Å². The van der Waals surface area contributed by atoms with Crippen LogP contribution in [0.5, 0.6) is 0 Å². The molecule has 1 aromatic carbocycles. The van der Waals surface area contributed by atoms with Gasteiger partial charge in [-0.3, -0.25) is 0 Å². The highest BCUT2D eigenvalue weighted by Crippen LogP contribution is 2.14. The molecule has 1 atom stereocenters. The van der Waals surface area contributed by atoms with E-state index in [1.165, 1.54) is 12.1 Å². The fourth-order valence-corrected chi connectivity index (χ4v) is 1.34. The van der Waals surface area contributed by atoms with Crippen LogP contribution in [0.15, 0.2) is 18.2 Å². The summed E-state index contributed by atoms with van der Waals surface area (Å²) in [6.45, 7) is 1.87. The molecule has 1 nitrogen and oxygen atoms in total. The van der Waals surface area contributed by atoms with Crippen molar-refractivity contribution >= 4 is 11.6 Å². The molecule has 66 valence electrons. The molecular weight excluding hydrogens is 177 g/mol. The van der Waals surface area contributed by atoms with Crippen molar-refractivity contribution in [1.82, 2.24) is 0 Å². The molecule has 0 aromatic heterocycles. The first-order valence-corrected chi connectivity index (χ1v) is 4.16. The lowest BCUT2D eigenvalue weighted by Crippen LogP contribution is -2.17. The van der Waals surface area contributed by atoms with Crippen molar-refractivity contribution in [2.75, 3.05) is 0 Å². The smallest absolute Gasteiger partial charge is 0.124 e. The van der Waals surface area contributed by atoms with Gasteiger partial charge in [0, 0.05) is 11.1 Å². The monoisotopic (exact) mass is 187 g/mol. The Bertz CT molecular complexity index is 253. The summed E-state index contributed by atoms with van der Waals surface area (Å²) in [5, 5.41) is 0.422. The maximum absolute atomic E-state index is 12.8. The van der Waals surface area contributed by atoms with Gasteiger partial charge in [-0.05, 0) is 37.1 Å². The Hall–Kier alpha value is -0.600. The van der Waals surface area contributed by atoms with Gasteiger partial charge in [0.25, 0.3) is 0 Å². The number of hydrogen-bond acceptors (Lipinski definition) is 1. The van der Waals surface area contributed by atoms with Gasteiger partial charge in [-0.1, -0.05) is 11.6 Å². The van der Waals surface area contributed by atoms with Crippen LogP contribution in [0.25, 0.3) is 0 Å². The minimum Gasteiger partial charge on any atom is -0.328 e. The molecule has 0 aliphatic carbocycles. The molecule has 3 heteroatoms. The molecule has 0 saturated heterocycles. The summed E-state index contributed by atoms with van der Waals surface area (Å²) in [6, 6.07) is 4.50. The van der Waals surface area contributed by atoms with E-state index in [1.807, 2.05) is 6.92 Å². The Balaban J connectivity index is 2.85. The third kappa shape index (κ3) is 2.80. The molecule has 0 amide bonds. The van der Waals surface area contributed by atoms with Gasteiger partial charge < -0.3 is 5.73 Å². The van der Waals surface area contributed by atoms with Crippen molar-refractivity contribution < 1.29 is 4.39 Å². The zero-order chi connectivity index (χ0) is 9.14. The Morgan fingerprint density at radius 2 is 2.17 bits per heavy atom. The normalized spacial score (nSPS) is 13.0. The van der Waals surface area contributed by atoms with Crippen LogP contribution in [0, 0.1) is 5.82 Å². The molecule has 0 spiro atoms. The van der Waals surface area contributed by atoms with Gasteiger partial charge in [-0.15, -0.1) is 0 Å². The number of hydrogen-bond donors (Lipinski definition) is 1. The summed E-state index contributed by atoms with van der Waals surface area (Å²) in [4.78, 5) is 0. The van der Waals surface area contributed by atoms with Crippen molar-refractivity contribution in [1.29, 1.82) is 0 Å². The Kier molecular flexibility index (Phi) is 3.06. The van der Waals surface area contributed by atoms with Gasteiger partial charge in [-0.2, -0.15) is 0 Å². The summed E-state index contributed by atoms with van der Waals surface area (Å²) >= 11 is 5.65. The lowest BCUT2D eigenvalue weighted by Gasteiger charge is -2.05. The second kappa shape index (κ2) is 3.87. The van der Waals surface area contributed by atoms with Crippen molar-refractivity contribution in [2.45, 2.75) is 19.4 Å². The summed E-state index contributed by atoms with van der Waals surface area (Å²) < 4.78 is 12.8. The molecule has 0 radical (unpaired) electrons. The van der Waals surface area contributed by atoms with Gasteiger partial charge >= 0.3 is 0 Å². The van der Waals surface area contributed by atoms with Gasteiger partial charge in [0.1, 0.15) is 5.82 Å². The van der Waals surface area contributed by atoms with Crippen LogP contribution in [0.4, 0.5) is 4.39 Å². The summed E-state index contributed by atoms with van der Waals surface area (Å²) in [6.07, 6.45) is 0.650. The van der Waals surface area contributed by atoms with E-state index >= 15 is 0 Å². The molecule has 0 saturated carbocycles. The summed E-state index contributed by atoms with van der Waals surface area (Å²) in [5.41, 5.74) is 6.40. The first-order valence-electron chi connectivity index (χ1n) is 3.78. The zero-order valence-corrected chi connectivity index (χ0v) is 7.61. The predicted molar refractivity (Wildman–Crippen MR) is 48.8 cm³/mol. The zero-order valence-electron chi connectivity index (χ0n) is 6.85. The summed E-state index contributed by atoms with van der Waals surface area (Å²) in [5.74, 6) is -0.307. The largest absolute Gasteiger partial charge is 0.328 e. The Morgan fingerprint density at radius 1 is 1.50 bits per heavy atom. The highest BCUT2D eigenvalue weighted by atomic mass is 35.5. The molecule has 0 heterocycles. The lowest BCUT2D eigenvalue weighted by molar-refractivity contribution is 0.623. The van der Waals surface area contributed by atoms with E-state index in [-0.39, 0.29) is 11.9 Å². The van der Waals surface area contributed by atoms with E-state index in [0.29, 0.717) is 11.4 Å². The molecule has 0 aliphatic heterocycles. The van der Waals surface area contributed by atoms with Gasteiger partial charge in [-0.25, -0.2) is 4.39 Å². The number of halogens is 2. The van der Waals surface area contributed by atoms with Crippen LogP contribution in [0.1, 0.15) is 12.5 Å². The Morgan fingerprint density at radius 3 is 2.67 bits per heavy atom. The van der Waals surface area contributed by atoms with Crippen LogP contribution < -0.4 is 5.73 Å². The fourth-order valence-electron chi connectivity index (χ4n) is 1.10. The highest BCUT2D eigenvalue weighted by molar-refractivity contribution is 6.30. The van der Waals surface area contributed by atoms with Gasteiger partial charge in [0.15, 0.2) is 0 Å². The maximum atomic E-state index is 12.8. The van der Waals surface area contributed by atoms with Crippen LogP contribution in [0.3, 0.4) is 0 Å². The third-order valence-corrected chi connectivity index (χ3v) is 1.70. The number of nitrogens with two attached hydrogens (primary N) is 1. The molecule has 2 N–H and O–H groups in total. The first-order chi connectivity index (χ1) is 5.58.